The number of methoxy groups -OCH3 is 1. The number of aromatic hydroxyl groups is 1. The van der Waals surface area contributed by atoms with Crippen LogP contribution in [0.25, 0.3) is 0 Å². The first-order chi connectivity index (χ1) is 15.1. The molecule has 0 aliphatic carbocycles. The summed E-state index contributed by atoms with van der Waals surface area (Å²) in [4.78, 5) is 19.2. The maximum atomic E-state index is 12.0. The van der Waals surface area contributed by atoms with Gasteiger partial charge in [-0.1, -0.05) is 18.2 Å². The number of pyridine rings is 1. The van der Waals surface area contributed by atoms with E-state index in [4.69, 9.17) is 9.72 Å². The molecule has 1 fully saturated rings. The molecule has 2 aliphatic rings. The van der Waals surface area contributed by atoms with E-state index in [1.54, 1.807) is 12.1 Å². The molecule has 0 radical (unpaired) electrons. The summed E-state index contributed by atoms with van der Waals surface area (Å²) in [5, 5.41) is 13.3. The molecule has 4 rings (SSSR count). The second-order valence-electron chi connectivity index (χ2n) is 8.87. The largest absolute Gasteiger partial charge is 0.508 e. The summed E-state index contributed by atoms with van der Waals surface area (Å²) in [5.41, 5.74) is 3.50. The van der Waals surface area contributed by atoms with Gasteiger partial charge in [0.1, 0.15) is 11.6 Å². The van der Waals surface area contributed by atoms with Crippen molar-refractivity contribution in [3.8, 4) is 5.75 Å². The number of phenolic OH excluding ortho intramolecular Hbond substituents is 1. The van der Waals surface area contributed by atoms with Crippen LogP contribution in [0, 0.1) is 5.92 Å². The number of likely N-dealkylation sites (tertiary alicyclic amines) is 1. The number of ether oxygens (including phenoxy) is 1. The van der Waals surface area contributed by atoms with Gasteiger partial charge in [0.25, 0.3) is 0 Å². The Bertz CT molecular complexity index is 901. The van der Waals surface area contributed by atoms with Crippen LogP contribution < -0.4 is 5.32 Å². The normalized spacial score (nSPS) is 19.5. The van der Waals surface area contributed by atoms with E-state index in [1.165, 1.54) is 31.2 Å². The van der Waals surface area contributed by atoms with Gasteiger partial charge in [-0.25, -0.2) is 4.98 Å². The Labute approximate surface area is 184 Å². The Balaban J connectivity index is 1.32. The van der Waals surface area contributed by atoms with Crippen molar-refractivity contribution in [2.24, 2.45) is 5.92 Å². The smallest absolute Gasteiger partial charge is 0.306 e. The standard InChI is InChI=1S/C25H33N3O3/c1-31-24(30)15-21(20-4-2-6-23(29)14-20)17-28-13-11-18(16-28)7-9-22-10-8-19-5-3-12-26-25(19)27-22/h2,4,6,8,10,14,18,21,29H,3,5,7,9,11-13,15-17H2,1H3,(H,26,27)/t18-,21?/m1/s1. The van der Waals surface area contributed by atoms with Crippen molar-refractivity contribution in [1.82, 2.24) is 9.88 Å². The van der Waals surface area contributed by atoms with Gasteiger partial charge in [0.15, 0.2) is 0 Å². The quantitative estimate of drug-likeness (QED) is 0.630. The molecule has 2 aliphatic heterocycles. The Kier molecular flexibility index (Phi) is 7.07. The molecule has 31 heavy (non-hydrogen) atoms. The first-order valence-electron chi connectivity index (χ1n) is 11.4. The van der Waals surface area contributed by atoms with Gasteiger partial charge in [0.05, 0.1) is 13.5 Å². The number of nitrogens with one attached hydrogen (secondary N) is 1. The summed E-state index contributed by atoms with van der Waals surface area (Å²) >= 11 is 0. The Hall–Kier alpha value is -2.60. The second-order valence-corrected chi connectivity index (χ2v) is 8.87. The first kappa shape index (κ1) is 21.6. The van der Waals surface area contributed by atoms with Crippen LogP contribution in [0.1, 0.15) is 48.4 Å². The number of rotatable bonds is 8. The number of benzene rings is 1. The van der Waals surface area contributed by atoms with E-state index < -0.39 is 0 Å². The Morgan fingerprint density at radius 2 is 2.26 bits per heavy atom. The molecule has 3 heterocycles. The van der Waals surface area contributed by atoms with Gasteiger partial charge >= 0.3 is 5.97 Å². The van der Waals surface area contributed by atoms with Crippen molar-refractivity contribution < 1.29 is 14.6 Å². The fourth-order valence-electron chi connectivity index (χ4n) is 4.84. The predicted octanol–water partition coefficient (Wildman–Crippen LogP) is 3.75. The molecule has 1 aromatic heterocycles. The van der Waals surface area contributed by atoms with E-state index in [0.29, 0.717) is 12.3 Å². The van der Waals surface area contributed by atoms with Crippen molar-refractivity contribution >= 4 is 11.8 Å². The van der Waals surface area contributed by atoms with Crippen LogP contribution in [0.4, 0.5) is 5.82 Å². The molecule has 1 aromatic carbocycles. The molecule has 0 bridgehead atoms. The molecule has 0 spiro atoms. The van der Waals surface area contributed by atoms with Crippen LogP contribution in [0.15, 0.2) is 36.4 Å². The van der Waals surface area contributed by atoms with Crippen molar-refractivity contribution in [2.45, 2.75) is 44.4 Å². The second kappa shape index (κ2) is 10.1. The highest BCUT2D eigenvalue weighted by molar-refractivity contribution is 5.70. The van der Waals surface area contributed by atoms with Crippen LogP contribution in [0.3, 0.4) is 0 Å². The lowest BCUT2D eigenvalue weighted by Gasteiger charge is -2.24. The van der Waals surface area contributed by atoms with E-state index >= 15 is 0 Å². The number of carbonyl (C=O) groups is 1. The molecule has 0 saturated carbocycles. The average Bonchev–Trinajstić information content (AvgIpc) is 3.24. The summed E-state index contributed by atoms with van der Waals surface area (Å²) in [6.45, 7) is 3.91. The van der Waals surface area contributed by atoms with Crippen LogP contribution in [-0.4, -0.2) is 54.2 Å². The number of anilines is 1. The molecule has 166 valence electrons. The lowest BCUT2D eigenvalue weighted by atomic mass is 9.94. The first-order valence-corrected chi connectivity index (χ1v) is 11.4. The summed E-state index contributed by atoms with van der Waals surface area (Å²) in [6, 6.07) is 11.7. The van der Waals surface area contributed by atoms with E-state index in [2.05, 4.69) is 22.3 Å². The molecule has 2 atom stereocenters. The fraction of sp³-hybridized carbons (Fsp3) is 0.520. The summed E-state index contributed by atoms with van der Waals surface area (Å²) < 4.78 is 4.91. The third kappa shape index (κ3) is 5.76. The number of aryl methyl sites for hydroxylation is 2. The van der Waals surface area contributed by atoms with Crippen molar-refractivity contribution in [1.29, 1.82) is 0 Å². The molecule has 6 heteroatoms. The third-order valence-electron chi connectivity index (χ3n) is 6.59. The number of aromatic nitrogens is 1. The van der Waals surface area contributed by atoms with Crippen LogP contribution >= 0.6 is 0 Å². The maximum absolute atomic E-state index is 12.0. The topological polar surface area (TPSA) is 74.7 Å². The molecule has 6 nitrogen and oxygen atoms in total. The van der Waals surface area contributed by atoms with Crippen LogP contribution in [0.5, 0.6) is 5.75 Å². The lowest BCUT2D eigenvalue weighted by Crippen LogP contribution is -2.28. The molecular formula is C25H33N3O3. The van der Waals surface area contributed by atoms with Crippen LogP contribution in [-0.2, 0) is 22.4 Å². The minimum absolute atomic E-state index is 0.0201. The van der Waals surface area contributed by atoms with Gasteiger partial charge in [-0.2, -0.15) is 0 Å². The third-order valence-corrected chi connectivity index (χ3v) is 6.59. The van der Waals surface area contributed by atoms with Crippen molar-refractivity contribution in [2.75, 3.05) is 38.6 Å². The fourth-order valence-corrected chi connectivity index (χ4v) is 4.84. The molecule has 0 amide bonds. The van der Waals surface area contributed by atoms with E-state index in [9.17, 15) is 9.90 Å². The number of hydrogen-bond acceptors (Lipinski definition) is 6. The summed E-state index contributed by atoms with van der Waals surface area (Å²) in [6.07, 6.45) is 5.95. The highest BCUT2D eigenvalue weighted by Gasteiger charge is 2.27. The van der Waals surface area contributed by atoms with Crippen molar-refractivity contribution in [3.63, 3.8) is 0 Å². The minimum Gasteiger partial charge on any atom is -0.508 e. The van der Waals surface area contributed by atoms with Gasteiger partial charge in [-0.15, -0.1) is 0 Å². The van der Waals surface area contributed by atoms with Gasteiger partial charge in [-0.05, 0) is 73.9 Å². The molecule has 2 aromatic rings. The Morgan fingerprint density at radius 1 is 1.35 bits per heavy atom. The van der Waals surface area contributed by atoms with Gasteiger partial charge in [-0.3, -0.25) is 4.79 Å². The Morgan fingerprint density at radius 3 is 3.10 bits per heavy atom. The zero-order chi connectivity index (χ0) is 21.6. The summed E-state index contributed by atoms with van der Waals surface area (Å²) in [7, 11) is 1.43. The molecular weight excluding hydrogens is 390 g/mol. The van der Waals surface area contributed by atoms with E-state index in [0.717, 1.165) is 56.8 Å². The number of nitrogens with zero attached hydrogens (tertiary/aromatic N) is 2. The number of hydrogen-bond donors (Lipinski definition) is 2. The zero-order valence-electron chi connectivity index (χ0n) is 18.3. The molecule has 2 N–H and O–H groups in total. The lowest BCUT2D eigenvalue weighted by molar-refractivity contribution is -0.141. The number of carbonyl (C=O) groups excluding carboxylic acids is 1. The number of phenols is 1. The summed E-state index contributed by atoms with van der Waals surface area (Å²) in [5.74, 6) is 1.77. The number of fused-ring (bicyclic) bond motifs is 1. The molecule has 1 saturated heterocycles. The van der Waals surface area contributed by atoms with E-state index in [-0.39, 0.29) is 17.6 Å². The predicted molar refractivity (Wildman–Crippen MR) is 121 cm³/mol. The number of esters is 1. The van der Waals surface area contributed by atoms with Gasteiger partial charge in [0, 0.05) is 31.2 Å². The van der Waals surface area contributed by atoms with Crippen LogP contribution in [0.2, 0.25) is 0 Å². The van der Waals surface area contributed by atoms with Gasteiger partial charge in [0.2, 0.25) is 0 Å². The molecule has 1 unspecified atom stereocenters. The monoisotopic (exact) mass is 423 g/mol. The SMILES string of the molecule is COC(=O)CC(CN1CC[C@@H](CCc2ccc3c(n2)NCCC3)C1)c1cccc(O)c1. The zero-order valence-corrected chi connectivity index (χ0v) is 18.3. The maximum Gasteiger partial charge on any atom is 0.306 e. The van der Waals surface area contributed by atoms with Gasteiger partial charge < -0.3 is 20.1 Å². The average molecular weight is 424 g/mol. The van der Waals surface area contributed by atoms with E-state index in [1.807, 2.05) is 12.1 Å². The highest BCUT2D eigenvalue weighted by Crippen LogP contribution is 2.29. The highest BCUT2D eigenvalue weighted by atomic mass is 16.5. The van der Waals surface area contributed by atoms with Crippen molar-refractivity contribution in [3.05, 3.63) is 53.2 Å². The minimum atomic E-state index is -0.212.